The highest BCUT2D eigenvalue weighted by molar-refractivity contribution is 5.90. The van der Waals surface area contributed by atoms with Gasteiger partial charge in [-0.1, -0.05) is 90.9 Å². The standard InChI is InChI=1S/C23H42O4/c1-3-5-7-9-11-12-14-16-18-21(17-15-13-10-8-6-4-2)27-23(26)20-19-22(24)25/h19-21H,3-18H2,1-2H3,(H,24,25). The highest BCUT2D eigenvalue weighted by atomic mass is 16.5. The molecule has 0 rings (SSSR count). The van der Waals surface area contributed by atoms with Crippen LogP contribution in [0.1, 0.15) is 117 Å². The Balaban J connectivity index is 4.07. The van der Waals surface area contributed by atoms with Crippen LogP contribution in [0.3, 0.4) is 0 Å². The number of unbranched alkanes of at least 4 members (excludes halogenated alkanes) is 12. The Morgan fingerprint density at radius 2 is 1.11 bits per heavy atom. The van der Waals surface area contributed by atoms with Crippen molar-refractivity contribution in [3.8, 4) is 0 Å². The predicted molar refractivity (Wildman–Crippen MR) is 112 cm³/mol. The molecular weight excluding hydrogens is 340 g/mol. The third kappa shape index (κ3) is 19.3. The van der Waals surface area contributed by atoms with Crippen LogP contribution < -0.4 is 0 Å². The molecule has 0 aliphatic rings. The van der Waals surface area contributed by atoms with Crippen LogP contribution in [-0.2, 0) is 14.3 Å². The molecule has 1 N–H and O–H groups in total. The van der Waals surface area contributed by atoms with Gasteiger partial charge in [0.05, 0.1) is 0 Å². The number of esters is 1. The molecular formula is C23H42O4. The number of carbonyl (C=O) groups excluding carboxylic acids is 1. The monoisotopic (exact) mass is 382 g/mol. The number of carboxylic acid groups (broad SMARTS) is 1. The second kappa shape index (κ2) is 19.4. The third-order valence-corrected chi connectivity index (χ3v) is 4.90. The lowest BCUT2D eigenvalue weighted by Crippen LogP contribution is -2.17. The summed E-state index contributed by atoms with van der Waals surface area (Å²) in [6, 6.07) is 0. The van der Waals surface area contributed by atoms with E-state index in [2.05, 4.69) is 13.8 Å². The van der Waals surface area contributed by atoms with E-state index < -0.39 is 11.9 Å². The molecule has 0 aromatic rings. The Bertz CT molecular complexity index is 390. The zero-order valence-electron chi connectivity index (χ0n) is 17.7. The zero-order valence-corrected chi connectivity index (χ0v) is 17.7. The fourth-order valence-electron chi connectivity index (χ4n) is 3.26. The number of aliphatic carboxylic acids is 1. The van der Waals surface area contributed by atoms with E-state index in [1.807, 2.05) is 0 Å². The number of hydrogen-bond donors (Lipinski definition) is 1. The van der Waals surface area contributed by atoms with Crippen molar-refractivity contribution in [2.45, 2.75) is 123 Å². The summed E-state index contributed by atoms with van der Waals surface area (Å²) in [5.74, 6) is -1.66. The van der Waals surface area contributed by atoms with Crippen LogP contribution in [0, 0.1) is 0 Å². The SMILES string of the molecule is CCCCCCCCCCC(CCCCCCCC)OC(=O)C=CC(=O)O. The first-order valence-corrected chi connectivity index (χ1v) is 11.2. The van der Waals surface area contributed by atoms with E-state index in [1.165, 1.54) is 77.0 Å². The summed E-state index contributed by atoms with van der Waals surface area (Å²) in [7, 11) is 0. The van der Waals surface area contributed by atoms with E-state index in [0.717, 1.165) is 37.8 Å². The Labute approximate surface area is 166 Å². The van der Waals surface area contributed by atoms with Crippen molar-refractivity contribution in [2.24, 2.45) is 0 Å². The Morgan fingerprint density at radius 3 is 1.52 bits per heavy atom. The van der Waals surface area contributed by atoms with Gasteiger partial charge in [-0.25, -0.2) is 9.59 Å². The van der Waals surface area contributed by atoms with Gasteiger partial charge < -0.3 is 9.84 Å². The molecule has 0 fully saturated rings. The molecule has 0 aliphatic heterocycles. The van der Waals surface area contributed by atoms with Gasteiger partial charge in [0, 0.05) is 12.2 Å². The summed E-state index contributed by atoms with van der Waals surface area (Å²) in [6.07, 6.45) is 20.9. The number of hydrogen-bond acceptors (Lipinski definition) is 3. The Kier molecular flexibility index (Phi) is 18.5. The van der Waals surface area contributed by atoms with Crippen molar-refractivity contribution < 1.29 is 19.4 Å². The minimum atomic E-state index is -1.12. The van der Waals surface area contributed by atoms with Crippen LogP contribution in [0.15, 0.2) is 12.2 Å². The molecule has 0 saturated carbocycles. The maximum Gasteiger partial charge on any atom is 0.331 e. The van der Waals surface area contributed by atoms with Crippen LogP contribution >= 0.6 is 0 Å². The van der Waals surface area contributed by atoms with Gasteiger partial charge in [0.2, 0.25) is 0 Å². The van der Waals surface area contributed by atoms with Crippen LogP contribution in [-0.4, -0.2) is 23.1 Å². The molecule has 4 heteroatoms. The topological polar surface area (TPSA) is 63.6 Å². The fraction of sp³-hybridized carbons (Fsp3) is 0.826. The molecule has 0 aromatic carbocycles. The minimum absolute atomic E-state index is 0.0813. The molecule has 0 heterocycles. The van der Waals surface area contributed by atoms with E-state index >= 15 is 0 Å². The minimum Gasteiger partial charge on any atom is -0.478 e. The molecule has 4 nitrogen and oxygen atoms in total. The van der Waals surface area contributed by atoms with Gasteiger partial charge in [0.15, 0.2) is 0 Å². The maximum atomic E-state index is 11.8. The quantitative estimate of drug-likeness (QED) is 0.151. The summed E-state index contributed by atoms with van der Waals surface area (Å²) in [5.41, 5.74) is 0. The summed E-state index contributed by atoms with van der Waals surface area (Å²) in [5, 5.41) is 8.62. The fourth-order valence-corrected chi connectivity index (χ4v) is 3.26. The van der Waals surface area contributed by atoms with Crippen molar-refractivity contribution in [1.29, 1.82) is 0 Å². The van der Waals surface area contributed by atoms with Gasteiger partial charge in [-0.3, -0.25) is 0 Å². The summed E-state index contributed by atoms with van der Waals surface area (Å²) >= 11 is 0. The van der Waals surface area contributed by atoms with Crippen LogP contribution in [0.4, 0.5) is 0 Å². The van der Waals surface area contributed by atoms with Crippen molar-refractivity contribution in [3.05, 3.63) is 12.2 Å². The molecule has 0 aromatic heterocycles. The van der Waals surface area contributed by atoms with E-state index in [4.69, 9.17) is 9.84 Å². The normalized spacial score (nSPS) is 12.4. The van der Waals surface area contributed by atoms with Gasteiger partial charge in [-0.2, -0.15) is 0 Å². The number of ether oxygens (including phenoxy) is 1. The summed E-state index contributed by atoms with van der Waals surface area (Å²) in [4.78, 5) is 22.3. The number of carbonyl (C=O) groups is 2. The van der Waals surface area contributed by atoms with Gasteiger partial charge in [0.1, 0.15) is 6.10 Å². The highest BCUT2D eigenvalue weighted by Gasteiger charge is 2.13. The maximum absolute atomic E-state index is 11.8. The Morgan fingerprint density at radius 1 is 0.704 bits per heavy atom. The van der Waals surface area contributed by atoms with Gasteiger partial charge in [-0.05, 0) is 25.7 Å². The van der Waals surface area contributed by atoms with Gasteiger partial charge in [0.25, 0.3) is 0 Å². The first-order chi connectivity index (χ1) is 13.1. The van der Waals surface area contributed by atoms with Gasteiger partial charge >= 0.3 is 11.9 Å². The molecule has 0 spiro atoms. The second-order valence-electron chi connectivity index (χ2n) is 7.55. The lowest BCUT2D eigenvalue weighted by Gasteiger charge is -2.17. The second-order valence-corrected chi connectivity index (χ2v) is 7.55. The average Bonchev–Trinajstić information content (AvgIpc) is 2.64. The lowest BCUT2D eigenvalue weighted by molar-refractivity contribution is -0.144. The largest absolute Gasteiger partial charge is 0.478 e. The zero-order chi connectivity index (χ0) is 20.2. The number of rotatable bonds is 19. The first-order valence-electron chi connectivity index (χ1n) is 11.2. The van der Waals surface area contributed by atoms with Crippen molar-refractivity contribution >= 4 is 11.9 Å². The molecule has 1 atom stereocenters. The highest BCUT2D eigenvalue weighted by Crippen LogP contribution is 2.17. The molecule has 0 radical (unpaired) electrons. The van der Waals surface area contributed by atoms with Crippen LogP contribution in [0.5, 0.6) is 0 Å². The lowest BCUT2D eigenvalue weighted by atomic mass is 10.0. The molecule has 158 valence electrons. The molecule has 27 heavy (non-hydrogen) atoms. The summed E-state index contributed by atoms with van der Waals surface area (Å²) < 4.78 is 5.50. The molecule has 0 amide bonds. The van der Waals surface area contributed by atoms with Crippen molar-refractivity contribution in [1.82, 2.24) is 0 Å². The smallest absolute Gasteiger partial charge is 0.331 e. The predicted octanol–water partition coefficient (Wildman–Crippen LogP) is 6.82. The molecule has 1 unspecified atom stereocenters. The average molecular weight is 383 g/mol. The van der Waals surface area contributed by atoms with Crippen molar-refractivity contribution in [2.75, 3.05) is 0 Å². The molecule has 0 saturated heterocycles. The summed E-state index contributed by atoms with van der Waals surface area (Å²) in [6.45, 7) is 4.45. The van der Waals surface area contributed by atoms with Crippen molar-refractivity contribution in [3.63, 3.8) is 0 Å². The molecule has 0 bridgehead atoms. The number of carboxylic acids is 1. The van der Waals surface area contributed by atoms with E-state index in [9.17, 15) is 9.59 Å². The van der Waals surface area contributed by atoms with Crippen LogP contribution in [0.25, 0.3) is 0 Å². The molecule has 0 aliphatic carbocycles. The van der Waals surface area contributed by atoms with E-state index in [-0.39, 0.29) is 6.10 Å². The van der Waals surface area contributed by atoms with E-state index in [1.54, 1.807) is 0 Å². The van der Waals surface area contributed by atoms with Gasteiger partial charge in [-0.15, -0.1) is 0 Å². The van der Waals surface area contributed by atoms with Crippen LogP contribution in [0.2, 0.25) is 0 Å². The third-order valence-electron chi connectivity index (χ3n) is 4.90. The Hall–Kier alpha value is -1.32. The first kappa shape index (κ1) is 25.7. The van der Waals surface area contributed by atoms with E-state index in [0.29, 0.717) is 0 Å².